The summed E-state index contributed by atoms with van der Waals surface area (Å²) < 4.78 is 51.1. The van der Waals surface area contributed by atoms with E-state index in [1.165, 1.54) is 37.6 Å². The third-order valence-electron chi connectivity index (χ3n) is 8.51. The summed E-state index contributed by atoms with van der Waals surface area (Å²) in [5.74, 6) is -0.930. The number of primary amides is 1. The first-order valence-electron chi connectivity index (χ1n) is 14.0. The van der Waals surface area contributed by atoms with E-state index in [4.69, 9.17) is 31.8 Å². The molecule has 234 valence electrons. The number of carbonyl (C=O) groups excluding carboxylic acids is 2. The number of alkyl halides is 3. The number of pyridine rings is 2. The third-order valence-corrected chi connectivity index (χ3v) is 8.72. The smallest absolute Gasteiger partial charge is 0.416 e. The molecule has 2 amide bonds. The van der Waals surface area contributed by atoms with Crippen molar-refractivity contribution >= 4 is 34.3 Å². The Balaban J connectivity index is 1.40. The van der Waals surface area contributed by atoms with Gasteiger partial charge in [0.15, 0.2) is 0 Å². The Kier molecular flexibility index (Phi) is 7.40. The highest BCUT2D eigenvalue weighted by Gasteiger charge is 2.50. The molecule has 0 saturated heterocycles. The van der Waals surface area contributed by atoms with Crippen LogP contribution in [0.2, 0.25) is 5.02 Å². The van der Waals surface area contributed by atoms with Crippen LogP contribution < -0.4 is 20.5 Å². The topological polar surface area (TPSA) is 137 Å². The third kappa shape index (κ3) is 5.42. The van der Waals surface area contributed by atoms with Crippen LogP contribution in [0.25, 0.3) is 22.2 Å². The average molecular weight is 641 g/mol. The molecule has 1 aliphatic carbocycles. The summed E-state index contributed by atoms with van der Waals surface area (Å²) in [6, 6.07) is 10.7. The molecule has 1 aliphatic heterocycles. The van der Waals surface area contributed by atoms with Crippen LogP contribution in [0.3, 0.4) is 0 Å². The Bertz CT molecular complexity index is 1850. The number of nitrogens with two attached hydrogens (primary N) is 1. The average Bonchev–Trinajstić information content (AvgIpc) is 3.82. The number of amides is 2. The number of aliphatic hydroxyl groups is 1. The number of benzene rings is 2. The van der Waals surface area contributed by atoms with E-state index in [0.717, 1.165) is 12.1 Å². The molecule has 2 aromatic heterocycles. The molecule has 45 heavy (non-hydrogen) atoms. The summed E-state index contributed by atoms with van der Waals surface area (Å²) in [5, 5.41) is 15.9. The minimum absolute atomic E-state index is 0.113. The van der Waals surface area contributed by atoms with E-state index in [1.807, 2.05) is 0 Å². The number of methoxy groups -OCH3 is 1. The molecule has 4 aromatic rings. The van der Waals surface area contributed by atoms with Crippen molar-refractivity contribution in [2.24, 2.45) is 11.7 Å². The number of ether oxygens (including phenoxy) is 2. The summed E-state index contributed by atoms with van der Waals surface area (Å²) >= 11 is 6.11. The molecule has 2 atom stereocenters. The quantitative estimate of drug-likeness (QED) is 0.243. The number of fused-ring (bicyclic) bond motifs is 2. The number of rotatable bonds is 8. The van der Waals surface area contributed by atoms with Crippen LogP contribution in [-0.2, 0) is 22.0 Å². The number of hydrogen-bond acceptors (Lipinski definition) is 7. The number of hydrogen-bond donors (Lipinski definition) is 3. The Morgan fingerprint density at radius 1 is 1.18 bits per heavy atom. The first-order valence-corrected chi connectivity index (χ1v) is 14.4. The molecule has 3 heterocycles. The van der Waals surface area contributed by atoms with Crippen LogP contribution in [0.4, 0.5) is 13.2 Å². The van der Waals surface area contributed by atoms with Gasteiger partial charge in [0, 0.05) is 28.3 Å². The first-order chi connectivity index (χ1) is 21.2. The molecular weight excluding hydrogens is 613 g/mol. The summed E-state index contributed by atoms with van der Waals surface area (Å²) in [7, 11) is 1.45. The molecule has 0 radical (unpaired) electrons. The lowest BCUT2D eigenvalue weighted by molar-refractivity contribution is -0.137. The van der Waals surface area contributed by atoms with Crippen molar-refractivity contribution in [1.82, 2.24) is 15.3 Å². The van der Waals surface area contributed by atoms with Crippen molar-refractivity contribution in [3.8, 4) is 22.8 Å². The second kappa shape index (κ2) is 10.9. The van der Waals surface area contributed by atoms with Crippen LogP contribution in [0.15, 0.2) is 54.7 Å². The van der Waals surface area contributed by atoms with E-state index in [-0.39, 0.29) is 47.3 Å². The lowest BCUT2D eigenvalue weighted by Crippen LogP contribution is -2.44. The highest BCUT2D eigenvalue weighted by molar-refractivity contribution is 6.31. The molecule has 0 spiro atoms. The van der Waals surface area contributed by atoms with Gasteiger partial charge >= 0.3 is 6.18 Å². The lowest BCUT2D eigenvalue weighted by Gasteiger charge is -2.30. The minimum Gasteiger partial charge on any atom is -0.494 e. The van der Waals surface area contributed by atoms with Crippen LogP contribution in [0, 0.1) is 5.92 Å². The summed E-state index contributed by atoms with van der Waals surface area (Å²) in [5.41, 5.74) is 3.60. The molecule has 2 aromatic carbocycles. The zero-order chi connectivity index (χ0) is 32.3. The largest absolute Gasteiger partial charge is 0.494 e. The first kappa shape index (κ1) is 30.6. The second-order valence-electron chi connectivity index (χ2n) is 11.6. The zero-order valence-electron chi connectivity index (χ0n) is 24.2. The lowest BCUT2D eigenvalue weighted by atomic mass is 9.81. The van der Waals surface area contributed by atoms with E-state index >= 15 is 0 Å². The van der Waals surface area contributed by atoms with E-state index in [9.17, 15) is 27.9 Å². The fourth-order valence-corrected chi connectivity index (χ4v) is 5.79. The predicted molar refractivity (Wildman–Crippen MR) is 159 cm³/mol. The summed E-state index contributed by atoms with van der Waals surface area (Å²) in [6.07, 6.45) is -1.80. The van der Waals surface area contributed by atoms with Gasteiger partial charge in [-0.2, -0.15) is 13.2 Å². The summed E-state index contributed by atoms with van der Waals surface area (Å²) in [6.45, 7) is 1.22. The van der Waals surface area contributed by atoms with E-state index < -0.39 is 34.6 Å². The SMILES string of the molecule is COc1cc(C(=O)NC[C@](O)(c2cc3c(c(-c4ccc(C(F)(F)F)cc4)n2)OC[C@]3(C)C(N)=O)C2CC2)cc2cc(Cl)cnc12. The zero-order valence-corrected chi connectivity index (χ0v) is 24.9. The Hall–Kier alpha value is -4.42. The van der Waals surface area contributed by atoms with Crippen molar-refractivity contribution in [3.05, 3.63) is 82.1 Å². The van der Waals surface area contributed by atoms with Gasteiger partial charge in [0.2, 0.25) is 5.91 Å². The number of nitrogens with zero attached hydrogens (tertiary/aromatic N) is 2. The maximum atomic E-state index is 13.4. The molecule has 9 nitrogen and oxygen atoms in total. The van der Waals surface area contributed by atoms with Gasteiger partial charge in [-0.25, -0.2) is 4.98 Å². The number of halogens is 4. The van der Waals surface area contributed by atoms with Crippen molar-refractivity contribution < 1.29 is 37.3 Å². The maximum absolute atomic E-state index is 13.4. The van der Waals surface area contributed by atoms with Crippen LogP contribution in [0.5, 0.6) is 11.5 Å². The van der Waals surface area contributed by atoms with Gasteiger partial charge in [0.05, 0.1) is 29.9 Å². The van der Waals surface area contributed by atoms with E-state index in [1.54, 1.807) is 19.1 Å². The van der Waals surface area contributed by atoms with Crippen molar-refractivity contribution in [2.75, 3.05) is 20.3 Å². The van der Waals surface area contributed by atoms with Crippen molar-refractivity contribution in [2.45, 2.75) is 37.0 Å². The molecule has 2 aliphatic rings. The molecule has 1 fully saturated rings. The number of nitrogens with one attached hydrogen (secondary N) is 1. The van der Waals surface area contributed by atoms with Gasteiger partial charge < -0.3 is 25.6 Å². The molecule has 0 bridgehead atoms. The fourth-order valence-electron chi connectivity index (χ4n) is 5.62. The Labute approximate surface area is 260 Å². The Morgan fingerprint density at radius 3 is 2.51 bits per heavy atom. The Morgan fingerprint density at radius 2 is 1.89 bits per heavy atom. The fraction of sp³-hybridized carbons (Fsp3) is 0.312. The standard InChI is InChI=1S/C32H28ClF3N4O5/c1-30(29(37)42)15-45-27-22(30)12-24(40-26(27)16-3-5-20(6-4-16)32(34,35)36)31(43,19-7-8-19)14-39-28(41)18-9-17-10-21(33)13-38-25(17)23(11-18)44-2/h3-6,9-13,19,43H,7-8,14-15H2,1-2H3,(H2,37,42)(H,39,41)/t30-,31+/m0/s1. The minimum atomic E-state index is -4.54. The number of aromatic nitrogens is 2. The molecule has 0 unspecified atom stereocenters. The van der Waals surface area contributed by atoms with Crippen LogP contribution >= 0.6 is 11.6 Å². The van der Waals surface area contributed by atoms with E-state index in [0.29, 0.717) is 40.1 Å². The van der Waals surface area contributed by atoms with Gasteiger partial charge in [-0.3, -0.25) is 14.6 Å². The molecular formula is C32H28ClF3N4O5. The van der Waals surface area contributed by atoms with E-state index in [2.05, 4.69) is 10.3 Å². The predicted octanol–water partition coefficient (Wildman–Crippen LogP) is 5.14. The van der Waals surface area contributed by atoms with Crippen molar-refractivity contribution in [1.29, 1.82) is 0 Å². The molecule has 1 saturated carbocycles. The monoisotopic (exact) mass is 640 g/mol. The maximum Gasteiger partial charge on any atom is 0.416 e. The van der Waals surface area contributed by atoms with Crippen LogP contribution in [0.1, 0.15) is 46.9 Å². The molecule has 4 N–H and O–H groups in total. The highest BCUT2D eigenvalue weighted by Crippen LogP contribution is 2.50. The van der Waals surface area contributed by atoms with Crippen LogP contribution in [-0.4, -0.2) is 47.2 Å². The second-order valence-corrected chi connectivity index (χ2v) is 12.0. The molecule has 6 rings (SSSR count). The van der Waals surface area contributed by atoms with Gasteiger partial charge in [-0.05, 0) is 62.1 Å². The van der Waals surface area contributed by atoms with Gasteiger partial charge in [-0.1, -0.05) is 23.7 Å². The molecule has 13 heteroatoms. The van der Waals surface area contributed by atoms with Gasteiger partial charge in [-0.15, -0.1) is 0 Å². The van der Waals surface area contributed by atoms with Gasteiger partial charge in [0.1, 0.15) is 40.3 Å². The van der Waals surface area contributed by atoms with Crippen molar-refractivity contribution in [3.63, 3.8) is 0 Å². The number of carbonyl (C=O) groups is 2. The highest BCUT2D eigenvalue weighted by atomic mass is 35.5. The summed E-state index contributed by atoms with van der Waals surface area (Å²) in [4.78, 5) is 35.0. The normalized spacial score (nSPS) is 19.0. The van der Waals surface area contributed by atoms with Gasteiger partial charge in [0.25, 0.3) is 5.91 Å².